The predicted molar refractivity (Wildman–Crippen MR) is 94.1 cm³/mol. The van der Waals surface area contributed by atoms with Gasteiger partial charge in [0.2, 0.25) is 0 Å². The molecule has 1 aliphatic carbocycles. The quantitative estimate of drug-likeness (QED) is 0.568. The van der Waals surface area contributed by atoms with Crippen LogP contribution in [0.5, 0.6) is 0 Å². The lowest BCUT2D eigenvalue weighted by Gasteiger charge is -2.30. The van der Waals surface area contributed by atoms with Crippen molar-refractivity contribution in [3.63, 3.8) is 0 Å². The van der Waals surface area contributed by atoms with E-state index in [1.807, 2.05) is 19.0 Å². The second kappa shape index (κ2) is 8.78. The Morgan fingerprint density at radius 1 is 1.12 bits per heavy atom. The average Bonchev–Trinajstić information content (AvgIpc) is 2.58. The van der Waals surface area contributed by atoms with Crippen molar-refractivity contribution in [2.45, 2.75) is 32.1 Å². The lowest BCUT2D eigenvalue weighted by atomic mass is 9.89. The first-order chi connectivity index (χ1) is 11.5. The van der Waals surface area contributed by atoms with Gasteiger partial charge in [0.15, 0.2) is 0 Å². The number of likely N-dealkylation sites (N-methyl/N-ethyl adjacent to an activating group) is 1. The van der Waals surface area contributed by atoms with Gasteiger partial charge in [-0.25, -0.2) is 0 Å². The second-order valence-corrected chi connectivity index (χ2v) is 6.86. The summed E-state index contributed by atoms with van der Waals surface area (Å²) in [5, 5.41) is 10.8. The summed E-state index contributed by atoms with van der Waals surface area (Å²) in [6.07, 6.45) is 6.17. The minimum absolute atomic E-state index is 0.0127. The molecule has 0 spiro atoms. The third kappa shape index (κ3) is 5.30. The zero-order valence-electron chi connectivity index (χ0n) is 14.6. The Morgan fingerprint density at radius 3 is 2.29 bits per heavy atom. The molecule has 2 rings (SSSR count). The predicted octanol–water partition coefficient (Wildman–Crippen LogP) is 3.18. The van der Waals surface area contributed by atoms with Crippen molar-refractivity contribution in [2.75, 3.05) is 33.7 Å². The van der Waals surface area contributed by atoms with Gasteiger partial charge in [0.1, 0.15) is 0 Å². The summed E-state index contributed by atoms with van der Waals surface area (Å²) >= 11 is 0. The van der Waals surface area contributed by atoms with Crippen LogP contribution in [0.4, 0.5) is 5.69 Å². The van der Waals surface area contributed by atoms with E-state index in [0.717, 1.165) is 13.1 Å². The van der Waals surface area contributed by atoms with Crippen molar-refractivity contribution in [2.24, 2.45) is 5.92 Å². The first kappa shape index (κ1) is 18.4. The fraction of sp³-hybridized carbons (Fsp3) is 0.611. The Kier molecular flexibility index (Phi) is 6.73. The minimum Gasteiger partial charge on any atom is -0.337 e. The van der Waals surface area contributed by atoms with Crippen molar-refractivity contribution < 1.29 is 9.72 Å². The summed E-state index contributed by atoms with van der Waals surface area (Å²) in [6, 6.07) is 5.92. The number of nitro benzene ring substituents is 1. The number of nitrogens with zero attached hydrogens (tertiary/aromatic N) is 3. The summed E-state index contributed by atoms with van der Waals surface area (Å²) < 4.78 is 0. The van der Waals surface area contributed by atoms with Crippen LogP contribution in [0, 0.1) is 16.0 Å². The number of non-ortho nitro benzene ring substituents is 1. The van der Waals surface area contributed by atoms with E-state index in [0.29, 0.717) is 18.0 Å². The van der Waals surface area contributed by atoms with Gasteiger partial charge in [-0.2, -0.15) is 0 Å². The van der Waals surface area contributed by atoms with Gasteiger partial charge >= 0.3 is 0 Å². The monoisotopic (exact) mass is 333 g/mol. The normalized spacial score (nSPS) is 15.5. The molecule has 0 aliphatic heterocycles. The van der Waals surface area contributed by atoms with Crippen molar-refractivity contribution >= 4 is 11.6 Å². The zero-order chi connectivity index (χ0) is 17.5. The van der Waals surface area contributed by atoms with Crippen molar-refractivity contribution in [1.82, 2.24) is 9.80 Å². The number of carbonyl (C=O) groups is 1. The standard InChI is InChI=1S/C18H27N3O3/c1-19(2)12-13-20(14-15-6-4-3-5-7-15)18(22)16-8-10-17(11-9-16)21(23)24/h8-11,15H,3-7,12-14H2,1-2H3. The van der Waals surface area contributed by atoms with E-state index in [4.69, 9.17) is 0 Å². The van der Waals surface area contributed by atoms with E-state index < -0.39 is 4.92 Å². The summed E-state index contributed by atoms with van der Waals surface area (Å²) in [5.74, 6) is 0.542. The maximum Gasteiger partial charge on any atom is 0.269 e. The molecule has 6 heteroatoms. The maximum absolute atomic E-state index is 12.8. The third-order valence-corrected chi connectivity index (χ3v) is 4.63. The number of amides is 1. The number of carbonyl (C=O) groups excluding carboxylic acids is 1. The van der Waals surface area contributed by atoms with Crippen LogP contribution in [-0.4, -0.2) is 54.4 Å². The van der Waals surface area contributed by atoms with Gasteiger partial charge in [-0.15, -0.1) is 0 Å². The van der Waals surface area contributed by atoms with Gasteiger partial charge in [0, 0.05) is 37.3 Å². The third-order valence-electron chi connectivity index (χ3n) is 4.63. The van der Waals surface area contributed by atoms with Gasteiger partial charge in [-0.1, -0.05) is 19.3 Å². The van der Waals surface area contributed by atoms with Crippen LogP contribution in [0.15, 0.2) is 24.3 Å². The molecule has 0 aromatic heterocycles. The summed E-state index contributed by atoms with van der Waals surface area (Å²) in [5.41, 5.74) is 0.536. The molecule has 1 saturated carbocycles. The van der Waals surface area contributed by atoms with Gasteiger partial charge in [0.05, 0.1) is 4.92 Å². The number of hydrogen-bond donors (Lipinski definition) is 0. The molecule has 1 aromatic carbocycles. The lowest BCUT2D eigenvalue weighted by Crippen LogP contribution is -2.40. The van der Waals surface area contributed by atoms with Crippen LogP contribution >= 0.6 is 0 Å². The van der Waals surface area contributed by atoms with Crippen molar-refractivity contribution in [1.29, 1.82) is 0 Å². The highest BCUT2D eigenvalue weighted by molar-refractivity contribution is 5.94. The molecule has 0 N–H and O–H groups in total. The number of nitro groups is 1. The largest absolute Gasteiger partial charge is 0.337 e. The van der Waals surface area contributed by atoms with Crippen LogP contribution < -0.4 is 0 Å². The van der Waals surface area contributed by atoms with Gasteiger partial charge in [0.25, 0.3) is 11.6 Å². The summed E-state index contributed by atoms with van der Waals surface area (Å²) in [4.78, 5) is 27.1. The Balaban J connectivity index is 2.08. The van der Waals surface area contributed by atoms with E-state index in [1.165, 1.54) is 44.2 Å². The van der Waals surface area contributed by atoms with Crippen LogP contribution in [-0.2, 0) is 0 Å². The first-order valence-corrected chi connectivity index (χ1v) is 8.66. The molecule has 24 heavy (non-hydrogen) atoms. The molecular formula is C18H27N3O3. The van der Waals surface area contributed by atoms with Crippen molar-refractivity contribution in [3.05, 3.63) is 39.9 Å². The Bertz CT molecular complexity index is 551. The van der Waals surface area contributed by atoms with E-state index >= 15 is 0 Å². The molecule has 1 amide bonds. The van der Waals surface area contributed by atoms with E-state index in [2.05, 4.69) is 4.90 Å². The molecule has 0 atom stereocenters. The van der Waals surface area contributed by atoms with Crippen LogP contribution in [0.1, 0.15) is 42.5 Å². The summed E-state index contributed by atoms with van der Waals surface area (Å²) in [6.45, 7) is 2.27. The van der Waals surface area contributed by atoms with Gasteiger partial charge < -0.3 is 9.80 Å². The minimum atomic E-state index is -0.444. The molecule has 0 unspecified atom stereocenters. The zero-order valence-corrected chi connectivity index (χ0v) is 14.6. The highest BCUT2D eigenvalue weighted by Gasteiger charge is 2.22. The van der Waals surface area contributed by atoms with Crippen LogP contribution in [0.2, 0.25) is 0 Å². The van der Waals surface area contributed by atoms with Crippen molar-refractivity contribution in [3.8, 4) is 0 Å². The molecule has 132 valence electrons. The lowest BCUT2D eigenvalue weighted by molar-refractivity contribution is -0.384. The molecule has 1 aliphatic rings. The van der Waals surface area contributed by atoms with Crippen LogP contribution in [0.25, 0.3) is 0 Å². The van der Waals surface area contributed by atoms with E-state index in [1.54, 1.807) is 12.1 Å². The molecule has 0 saturated heterocycles. The van der Waals surface area contributed by atoms with E-state index in [-0.39, 0.29) is 11.6 Å². The maximum atomic E-state index is 12.8. The SMILES string of the molecule is CN(C)CCN(CC1CCCCC1)C(=O)c1ccc([N+](=O)[O-])cc1. The first-order valence-electron chi connectivity index (χ1n) is 8.66. The molecular weight excluding hydrogens is 306 g/mol. The smallest absolute Gasteiger partial charge is 0.269 e. The molecule has 1 fully saturated rings. The number of rotatable bonds is 7. The summed E-state index contributed by atoms with van der Waals surface area (Å²) in [7, 11) is 3.99. The molecule has 1 aromatic rings. The Hall–Kier alpha value is -1.95. The molecule has 0 radical (unpaired) electrons. The number of hydrogen-bond acceptors (Lipinski definition) is 4. The highest BCUT2D eigenvalue weighted by atomic mass is 16.6. The topological polar surface area (TPSA) is 66.7 Å². The van der Waals surface area contributed by atoms with E-state index in [9.17, 15) is 14.9 Å². The molecule has 6 nitrogen and oxygen atoms in total. The van der Waals surface area contributed by atoms with Gasteiger partial charge in [-0.05, 0) is 45.0 Å². The fourth-order valence-electron chi connectivity index (χ4n) is 3.19. The average molecular weight is 333 g/mol. The Labute approximate surface area is 143 Å². The highest BCUT2D eigenvalue weighted by Crippen LogP contribution is 2.25. The van der Waals surface area contributed by atoms with Gasteiger partial charge in [-0.3, -0.25) is 14.9 Å². The second-order valence-electron chi connectivity index (χ2n) is 6.86. The molecule has 0 bridgehead atoms. The Morgan fingerprint density at radius 2 is 1.75 bits per heavy atom. The fourth-order valence-corrected chi connectivity index (χ4v) is 3.19. The van der Waals surface area contributed by atoms with Crippen LogP contribution in [0.3, 0.4) is 0 Å². The molecule has 0 heterocycles. The number of benzene rings is 1.